The standard InChI is InChI=1S/C21H22ClN3O4S/c1-14-9-11-25(12-10-14)30(26,27)17-7-8-19(22)18(13-17)21-24-23-20(29-21)15-3-5-16(28-2)6-4-15/h3-8,13-14H,9-12H2,1-2H3. The Labute approximate surface area is 180 Å². The summed E-state index contributed by atoms with van der Waals surface area (Å²) in [6.45, 7) is 3.17. The van der Waals surface area contributed by atoms with E-state index in [4.69, 9.17) is 20.8 Å². The summed E-state index contributed by atoms with van der Waals surface area (Å²) in [7, 11) is -2.02. The molecule has 1 aliphatic rings. The largest absolute Gasteiger partial charge is 0.497 e. The smallest absolute Gasteiger partial charge is 0.249 e. The van der Waals surface area contributed by atoms with Gasteiger partial charge in [-0.3, -0.25) is 0 Å². The lowest BCUT2D eigenvalue weighted by Gasteiger charge is -2.29. The molecular formula is C21H22ClN3O4S. The molecule has 2 heterocycles. The van der Waals surface area contributed by atoms with Gasteiger partial charge >= 0.3 is 0 Å². The summed E-state index contributed by atoms with van der Waals surface area (Å²) < 4.78 is 38.6. The van der Waals surface area contributed by atoms with E-state index in [1.54, 1.807) is 37.4 Å². The average molecular weight is 448 g/mol. The Morgan fingerprint density at radius 3 is 2.40 bits per heavy atom. The van der Waals surface area contributed by atoms with Crippen LogP contribution in [0.1, 0.15) is 19.8 Å². The van der Waals surface area contributed by atoms with Gasteiger partial charge in [0.05, 0.1) is 22.6 Å². The molecule has 0 atom stereocenters. The Balaban J connectivity index is 1.65. The highest BCUT2D eigenvalue weighted by atomic mass is 35.5. The summed E-state index contributed by atoms with van der Waals surface area (Å²) in [6.07, 6.45) is 1.71. The third-order valence-corrected chi connectivity index (χ3v) is 7.53. The molecule has 158 valence electrons. The molecule has 0 amide bonds. The van der Waals surface area contributed by atoms with Gasteiger partial charge in [-0.1, -0.05) is 18.5 Å². The van der Waals surface area contributed by atoms with Gasteiger partial charge in [0.15, 0.2) is 0 Å². The maximum atomic E-state index is 13.1. The van der Waals surface area contributed by atoms with Crippen molar-refractivity contribution in [3.8, 4) is 28.7 Å². The van der Waals surface area contributed by atoms with E-state index >= 15 is 0 Å². The van der Waals surface area contributed by atoms with Gasteiger partial charge < -0.3 is 9.15 Å². The minimum atomic E-state index is -3.61. The van der Waals surface area contributed by atoms with E-state index < -0.39 is 10.0 Å². The van der Waals surface area contributed by atoms with Crippen molar-refractivity contribution in [3.63, 3.8) is 0 Å². The Hall–Kier alpha value is -2.42. The second-order valence-corrected chi connectivity index (χ2v) is 9.71. The van der Waals surface area contributed by atoms with Crippen LogP contribution in [0.25, 0.3) is 22.9 Å². The molecule has 0 spiro atoms. The van der Waals surface area contributed by atoms with Gasteiger partial charge in [-0.15, -0.1) is 10.2 Å². The van der Waals surface area contributed by atoms with E-state index in [1.807, 2.05) is 0 Å². The minimum absolute atomic E-state index is 0.162. The number of benzene rings is 2. The SMILES string of the molecule is COc1ccc(-c2nnc(-c3cc(S(=O)(=O)N4CCC(C)CC4)ccc3Cl)o2)cc1. The van der Waals surface area contributed by atoms with Gasteiger partial charge in [0.25, 0.3) is 0 Å². The van der Waals surface area contributed by atoms with E-state index in [-0.39, 0.29) is 10.8 Å². The fourth-order valence-electron chi connectivity index (χ4n) is 3.39. The fourth-order valence-corrected chi connectivity index (χ4v) is 5.08. The van der Waals surface area contributed by atoms with Crippen molar-refractivity contribution in [2.24, 2.45) is 5.92 Å². The first-order valence-corrected chi connectivity index (χ1v) is 11.5. The van der Waals surface area contributed by atoms with Gasteiger partial charge in [0.2, 0.25) is 21.8 Å². The number of methoxy groups -OCH3 is 1. The summed E-state index contributed by atoms with van der Waals surface area (Å²) in [4.78, 5) is 0.167. The third-order valence-electron chi connectivity index (χ3n) is 5.31. The summed E-state index contributed by atoms with van der Waals surface area (Å²) in [6, 6.07) is 11.7. The molecule has 0 aliphatic carbocycles. The zero-order valence-corrected chi connectivity index (χ0v) is 18.3. The molecule has 0 saturated carbocycles. The van der Waals surface area contributed by atoms with Crippen LogP contribution in [0.4, 0.5) is 0 Å². The summed E-state index contributed by atoms with van der Waals surface area (Å²) in [5.41, 5.74) is 1.10. The summed E-state index contributed by atoms with van der Waals surface area (Å²) in [5, 5.41) is 8.48. The van der Waals surface area contributed by atoms with E-state index in [0.717, 1.165) is 18.4 Å². The number of hydrogen-bond acceptors (Lipinski definition) is 6. The molecule has 0 bridgehead atoms. The maximum Gasteiger partial charge on any atom is 0.249 e. The maximum absolute atomic E-state index is 13.1. The number of rotatable bonds is 5. The molecule has 0 radical (unpaired) electrons. The molecular weight excluding hydrogens is 426 g/mol. The van der Waals surface area contributed by atoms with Crippen molar-refractivity contribution < 1.29 is 17.6 Å². The Bertz CT molecular complexity index is 1140. The van der Waals surface area contributed by atoms with Crippen molar-refractivity contribution in [2.75, 3.05) is 20.2 Å². The Morgan fingerprint density at radius 2 is 1.73 bits per heavy atom. The first-order valence-electron chi connectivity index (χ1n) is 9.66. The van der Waals surface area contributed by atoms with Gasteiger partial charge in [0, 0.05) is 18.7 Å². The quantitative estimate of drug-likeness (QED) is 0.573. The van der Waals surface area contributed by atoms with E-state index in [9.17, 15) is 8.42 Å². The first-order chi connectivity index (χ1) is 14.4. The average Bonchev–Trinajstić information content (AvgIpc) is 3.24. The van der Waals surface area contributed by atoms with Crippen LogP contribution in [-0.4, -0.2) is 43.1 Å². The molecule has 0 unspecified atom stereocenters. The number of sulfonamides is 1. The second-order valence-electron chi connectivity index (χ2n) is 7.37. The van der Waals surface area contributed by atoms with Crippen molar-refractivity contribution in [1.29, 1.82) is 0 Å². The first kappa shape index (κ1) is 20.8. The number of halogens is 1. The van der Waals surface area contributed by atoms with Crippen LogP contribution >= 0.6 is 11.6 Å². The molecule has 4 rings (SSSR count). The van der Waals surface area contributed by atoms with E-state index in [1.165, 1.54) is 16.4 Å². The van der Waals surface area contributed by atoms with Gasteiger partial charge in [-0.05, 0) is 61.2 Å². The zero-order valence-electron chi connectivity index (χ0n) is 16.7. The van der Waals surface area contributed by atoms with Crippen LogP contribution in [0.2, 0.25) is 5.02 Å². The monoisotopic (exact) mass is 447 g/mol. The van der Waals surface area contributed by atoms with Crippen molar-refractivity contribution in [2.45, 2.75) is 24.7 Å². The summed E-state index contributed by atoms with van der Waals surface area (Å²) in [5.74, 6) is 1.72. The van der Waals surface area contributed by atoms with Crippen LogP contribution in [0.15, 0.2) is 51.8 Å². The molecule has 1 aliphatic heterocycles. The minimum Gasteiger partial charge on any atom is -0.497 e. The topological polar surface area (TPSA) is 85.5 Å². The fraction of sp³-hybridized carbons (Fsp3) is 0.333. The number of piperidine rings is 1. The van der Waals surface area contributed by atoms with Crippen molar-refractivity contribution in [1.82, 2.24) is 14.5 Å². The number of hydrogen-bond donors (Lipinski definition) is 0. The highest BCUT2D eigenvalue weighted by molar-refractivity contribution is 7.89. The van der Waals surface area contributed by atoms with Crippen LogP contribution in [-0.2, 0) is 10.0 Å². The lowest BCUT2D eigenvalue weighted by atomic mass is 10.0. The van der Waals surface area contributed by atoms with E-state index in [0.29, 0.717) is 41.2 Å². The lowest BCUT2D eigenvalue weighted by molar-refractivity contribution is 0.288. The van der Waals surface area contributed by atoms with Crippen LogP contribution in [0, 0.1) is 5.92 Å². The number of nitrogens with zero attached hydrogens (tertiary/aromatic N) is 3. The molecule has 7 nitrogen and oxygen atoms in total. The molecule has 1 fully saturated rings. The molecule has 2 aromatic carbocycles. The Kier molecular flexibility index (Phi) is 5.81. The van der Waals surface area contributed by atoms with Crippen LogP contribution in [0.5, 0.6) is 5.75 Å². The predicted molar refractivity (Wildman–Crippen MR) is 114 cm³/mol. The molecule has 1 aromatic heterocycles. The van der Waals surface area contributed by atoms with Crippen LogP contribution in [0.3, 0.4) is 0 Å². The zero-order chi connectivity index (χ0) is 21.3. The highest BCUT2D eigenvalue weighted by Gasteiger charge is 2.29. The van der Waals surface area contributed by atoms with Gasteiger partial charge in [-0.25, -0.2) is 8.42 Å². The molecule has 30 heavy (non-hydrogen) atoms. The van der Waals surface area contributed by atoms with Gasteiger partial charge in [0.1, 0.15) is 5.75 Å². The Morgan fingerprint density at radius 1 is 1.07 bits per heavy atom. The van der Waals surface area contributed by atoms with Crippen molar-refractivity contribution >= 4 is 21.6 Å². The lowest BCUT2D eigenvalue weighted by Crippen LogP contribution is -2.37. The molecule has 1 saturated heterocycles. The number of ether oxygens (including phenoxy) is 1. The molecule has 9 heteroatoms. The second kappa shape index (κ2) is 8.37. The van der Waals surface area contributed by atoms with Crippen LogP contribution < -0.4 is 4.74 Å². The third kappa shape index (κ3) is 4.08. The number of aromatic nitrogens is 2. The normalized spacial score (nSPS) is 16.0. The van der Waals surface area contributed by atoms with Gasteiger partial charge in [-0.2, -0.15) is 4.31 Å². The molecule has 3 aromatic rings. The van der Waals surface area contributed by atoms with Crippen molar-refractivity contribution in [3.05, 3.63) is 47.5 Å². The van der Waals surface area contributed by atoms with E-state index in [2.05, 4.69) is 17.1 Å². The molecule has 0 N–H and O–H groups in total. The predicted octanol–water partition coefficient (Wildman–Crippen LogP) is 4.49. The summed E-state index contributed by atoms with van der Waals surface area (Å²) >= 11 is 6.33. The highest BCUT2D eigenvalue weighted by Crippen LogP contribution is 2.33.